The highest BCUT2D eigenvalue weighted by Gasteiger charge is 2.35. The quantitative estimate of drug-likeness (QED) is 0.555. The Morgan fingerprint density at radius 1 is 1.45 bits per heavy atom. The molecule has 2 atom stereocenters. The monoisotopic (exact) mass is 172 g/mol. The van der Waals surface area contributed by atoms with E-state index >= 15 is 0 Å². The number of hydrogen-bond acceptors (Lipinski definition) is 3. The Kier molecular flexibility index (Phi) is 1.85. The van der Waals surface area contributed by atoms with Gasteiger partial charge in [0, 0.05) is 10.2 Å². The zero-order valence-corrected chi connectivity index (χ0v) is 7.61. The largest absolute Gasteiger partial charge is 0.492 e. The van der Waals surface area contributed by atoms with Crippen molar-refractivity contribution in [1.82, 2.24) is 0 Å². The molecule has 0 spiro atoms. The summed E-state index contributed by atoms with van der Waals surface area (Å²) in [5.41, 5.74) is 0. The van der Waals surface area contributed by atoms with Crippen LogP contribution in [0.1, 0.15) is 13.8 Å². The number of thioether (sulfide) groups is 1. The van der Waals surface area contributed by atoms with Gasteiger partial charge in [0.2, 0.25) is 0 Å². The van der Waals surface area contributed by atoms with Gasteiger partial charge in [-0.05, 0) is 13.8 Å². The maximum atomic E-state index is 5.58. The van der Waals surface area contributed by atoms with Crippen LogP contribution >= 0.6 is 11.8 Å². The molecule has 1 saturated heterocycles. The molecule has 3 heteroatoms. The molecular formula is C8H12O2S. The SMILES string of the molecule is CC1=C2OCCOC2C(C)S1. The maximum Gasteiger partial charge on any atom is 0.135 e. The lowest BCUT2D eigenvalue weighted by atomic mass is 10.2. The van der Waals surface area contributed by atoms with Gasteiger partial charge in [0.05, 0.1) is 6.61 Å². The first-order valence-electron chi connectivity index (χ1n) is 3.91. The first kappa shape index (κ1) is 7.50. The standard InChI is InChI=1S/C8H12O2S/c1-5-7-8(6(2)11-5)10-4-3-9-7/h5,7H,3-4H2,1-2H3. The van der Waals surface area contributed by atoms with Gasteiger partial charge in [0.25, 0.3) is 0 Å². The van der Waals surface area contributed by atoms with Gasteiger partial charge in [-0.1, -0.05) is 0 Å². The molecule has 2 aliphatic rings. The fourth-order valence-electron chi connectivity index (χ4n) is 1.53. The molecule has 0 bridgehead atoms. The van der Waals surface area contributed by atoms with Crippen molar-refractivity contribution >= 4 is 11.8 Å². The second kappa shape index (κ2) is 2.72. The van der Waals surface area contributed by atoms with Gasteiger partial charge in [0.15, 0.2) is 0 Å². The molecular weight excluding hydrogens is 160 g/mol. The fourth-order valence-corrected chi connectivity index (χ4v) is 2.71. The average molecular weight is 172 g/mol. The first-order chi connectivity index (χ1) is 5.29. The third-order valence-electron chi connectivity index (χ3n) is 2.03. The van der Waals surface area contributed by atoms with E-state index < -0.39 is 0 Å². The van der Waals surface area contributed by atoms with E-state index in [4.69, 9.17) is 9.47 Å². The summed E-state index contributed by atoms with van der Waals surface area (Å²) in [5, 5.41) is 0.533. The van der Waals surface area contributed by atoms with Crippen LogP contribution in [-0.2, 0) is 9.47 Å². The van der Waals surface area contributed by atoms with E-state index in [2.05, 4.69) is 13.8 Å². The minimum Gasteiger partial charge on any atom is -0.492 e. The first-order valence-corrected chi connectivity index (χ1v) is 4.79. The lowest BCUT2D eigenvalue weighted by Crippen LogP contribution is -2.30. The summed E-state index contributed by atoms with van der Waals surface area (Å²) in [5.74, 6) is 1.08. The molecule has 0 N–H and O–H groups in total. The molecule has 2 rings (SSSR count). The molecule has 0 aliphatic carbocycles. The maximum absolute atomic E-state index is 5.58. The van der Waals surface area contributed by atoms with Crippen molar-refractivity contribution in [3.63, 3.8) is 0 Å². The third kappa shape index (κ3) is 1.16. The fraction of sp³-hybridized carbons (Fsp3) is 0.750. The van der Waals surface area contributed by atoms with Crippen molar-refractivity contribution in [2.45, 2.75) is 25.2 Å². The highest BCUT2D eigenvalue weighted by molar-refractivity contribution is 8.03. The number of hydrogen-bond donors (Lipinski definition) is 0. The Hall–Kier alpha value is -0.150. The van der Waals surface area contributed by atoms with Crippen molar-refractivity contribution in [2.75, 3.05) is 13.2 Å². The van der Waals surface area contributed by atoms with Crippen LogP contribution < -0.4 is 0 Å². The van der Waals surface area contributed by atoms with Gasteiger partial charge in [-0.2, -0.15) is 0 Å². The molecule has 0 aromatic rings. The van der Waals surface area contributed by atoms with Gasteiger partial charge in [0.1, 0.15) is 18.5 Å². The van der Waals surface area contributed by atoms with E-state index in [0.717, 1.165) is 19.0 Å². The molecule has 2 nitrogen and oxygen atoms in total. The summed E-state index contributed by atoms with van der Waals surface area (Å²) >= 11 is 1.86. The van der Waals surface area contributed by atoms with E-state index in [1.807, 2.05) is 11.8 Å². The van der Waals surface area contributed by atoms with Gasteiger partial charge in [-0.25, -0.2) is 0 Å². The van der Waals surface area contributed by atoms with Crippen LogP contribution in [0.15, 0.2) is 10.7 Å². The van der Waals surface area contributed by atoms with Crippen LogP contribution in [-0.4, -0.2) is 24.6 Å². The lowest BCUT2D eigenvalue weighted by molar-refractivity contribution is -0.0388. The van der Waals surface area contributed by atoms with Crippen LogP contribution in [0, 0.1) is 0 Å². The summed E-state index contributed by atoms with van der Waals surface area (Å²) in [6.45, 7) is 5.74. The second-order valence-corrected chi connectivity index (χ2v) is 4.47. The molecule has 0 radical (unpaired) electrons. The topological polar surface area (TPSA) is 18.5 Å². The molecule has 2 unspecified atom stereocenters. The summed E-state index contributed by atoms with van der Waals surface area (Å²) in [4.78, 5) is 1.29. The number of ether oxygens (including phenoxy) is 2. The lowest BCUT2D eigenvalue weighted by Gasteiger charge is -2.24. The normalized spacial score (nSPS) is 36.9. The molecule has 2 heterocycles. The summed E-state index contributed by atoms with van der Waals surface area (Å²) in [6.07, 6.45) is 0.230. The summed E-state index contributed by atoms with van der Waals surface area (Å²) < 4.78 is 11.1. The average Bonchev–Trinajstić information content (AvgIpc) is 2.30. The van der Waals surface area contributed by atoms with Crippen molar-refractivity contribution in [2.24, 2.45) is 0 Å². The Morgan fingerprint density at radius 2 is 2.27 bits per heavy atom. The van der Waals surface area contributed by atoms with E-state index in [0.29, 0.717) is 5.25 Å². The van der Waals surface area contributed by atoms with Crippen molar-refractivity contribution in [3.05, 3.63) is 10.7 Å². The van der Waals surface area contributed by atoms with Crippen LogP contribution in [0.25, 0.3) is 0 Å². The molecule has 0 amide bonds. The predicted octanol–water partition coefficient (Wildman–Crippen LogP) is 1.77. The van der Waals surface area contributed by atoms with E-state index in [1.54, 1.807) is 0 Å². The number of fused-ring (bicyclic) bond motifs is 1. The van der Waals surface area contributed by atoms with Crippen molar-refractivity contribution in [3.8, 4) is 0 Å². The Balaban J connectivity index is 2.21. The molecule has 2 aliphatic heterocycles. The molecule has 11 heavy (non-hydrogen) atoms. The molecule has 0 aromatic carbocycles. The molecule has 62 valence electrons. The Morgan fingerprint density at radius 3 is 3.00 bits per heavy atom. The molecule has 0 saturated carbocycles. The molecule has 0 aromatic heterocycles. The minimum atomic E-state index is 0.230. The second-order valence-electron chi connectivity index (χ2n) is 2.88. The predicted molar refractivity (Wildman–Crippen MR) is 45.4 cm³/mol. The highest BCUT2D eigenvalue weighted by Crippen LogP contribution is 2.40. The highest BCUT2D eigenvalue weighted by atomic mass is 32.2. The number of rotatable bonds is 0. The van der Waals surface area contributed by atoms with Crippen molar-refractivity contribution < 1.29 is 9.47 Å². The summed E-state index contributed by atoms with van der Waals surface area (Å²) in [6, 6.07) is 0. The smallest absolute Gasteiger partial charge is 0.135 e. The van der Waals surface area contributed by atoms with Gasteiger partial charge in [-0.15, -0.1) is 11.8 Å². The van der Waals surface area contributed by atoms with E-state index in [9.17, 15) is 0 Å². The summed E-state index contributed by atoms with van der Waals surface area (Å²) in [7, 11) is 0. The molecule has 1 fully saturated rings. The minimum absolute atomic E-state index is 0.230. The van der Waals surface area contributed by atoms with Crippen molar-refractivity contribution in [1.29, 1.82) is 0 Å². The Bertz CT molecular complexity index is 200. The zero-order chi connectivity index (χ0) is 7.84. The van der Waals surface area contributed by atoms with Crippen LogP contribution in [0.3, 0.4) is 0 Å². The number of allylic oxidation sites excluding steroid dienone is 1. The Labute approximate surface area is 70.9 Å². The van der Waals surface area contributed by atoms with E-state index in [1.165, 1.54) is 4.91 Å². The van der Waals surface area contributed by atoms with Gasteiger partial charge >= 0.3 is 0 Å². The van der Waals surface area contributed by atoms with Gasteiger partial charge < -0.3 is 9.47 Å². The zero-order valence-electron chi connectivity index (χ0n) is 6.79. The van der Waals surface area contributed by atoms with E-state index in [-0.39, 0.29) is 6.10 Å². The third-order valence-corrected chi connectivity index (χ3v) is 3.21. The van der Waals surface area contributed by atoms with Gasteiger partial charge in [-0.3, -0.25) is 0 Å². The van der Waals surface area contributed by atoms with Crippen LogP contribution in [0.4, 0.5) is 0 Å². The van der Waals surface area contributed by atoms with Crippen LogP contribution in [0.2, 0.25) is 0 Å². The van der Waals surface area contributed by atoms with Crippen LogP contribution in [0.5, 0.6) is 0 Å².